The van der Waals surface area contributed by atoms with E-state index in [2.05, 4.69) is 15.3 Å². The molecule has 2 aliphatic rings. The quantitative estimate of drug-likeness (QED) is 0.599. The summed E-state index contributed by atoms with van der Waals surface area (Å²) < 4.78 is 62.9. The van der Waals surface area contributed by atoms with Gasteiger partial charge in [0.1, 0.15) is 5.82 Å². The van der Waals surface area contributed by atoms with Gasteiger partial charge in [-0.05, 0) is 48.3 Å². The van der Waals surface area contributed by atoms with Crippen molar-refractivity contribution in [3.63, 3.8) is 0 Å². The standard InChI is InChI=1S/C21H24F5N3O/c22-20(23)8-15(9-20)7-19(30)27-11-12-1-2-16-17(5-12)29-18(28-16)6-13-3-14(4-13)10-21(24,25)26/h1-2,5,13-15H,3-4,6-11H2,(H,27,30)(H,28,29). The molecule has 2 aromatic rings. The highest BCUT2D eigenvalue weighted by molar-refractivity contribution is 5.78. The number of hydrogen-bond donors (Lipinski definition) is 2. The van der Waals surface area contributed by atoms with Gasteiger partial charge in [0, 0.05) is 38.6 Å². The van der Waals surface area contributed by atoms with E-state index in [1.165, 1.54) is 0 Å². The maximum atomic E-state index is 12.8. The number of carbonyl (C=O) groups excluding carboxylic acids is 1. The van der Waals surface area contributed by atoms with E-state index in [0.717, 1.165) is 22.4 Å². The van der Waals surface area contributed by atoms with Crippen molar-refractivity contribution < 1.29 is 26.7 Å². The summed E-state index contributed by atoms with van der Waals surface area (Å²) in [5, 5.41) is 2.76. The van der Waals surface area contributed by atoms with Crippen molar-refractivity contribution in [3.8, 4) is 0 Å². The fourth-order valence-corrected chi connectivity index (χ4v) is 4.59. The van der Waals surface area contributed by atoms with Gasteiger partial charge in [-0.3, -0.25) is 4.79 Å². The molecule has 0 atom stereocenters. The largest absolute Gasteiger partial charge is 0.389 e. The number of H-pyrrole nitrogens is 1. The molecule has 0 saturated heterocycles. The topological polar surface area (TPSA) is 57.8 Å². The fourth-order valence-electron chi connectivity index (χ4n) is 4.59. The molecule has 0 aliphatic heterocycles. The van der Waals surface area contributed by atoms with Gasteiger partial charge in [0.25, 0.3) is 0 Å². The second-order valence-corrected chi connectivity index (χ2v) is 8.87. The van der Waals surface area contributed by atoms with E-state index in [1.807, 2.05) is 18.2 Å². The summed E-state index contributed by atoms with van der Waals surface area (Å²) in [4.78, 5) is 19.6. The summed E-state index contributed by atoms with van der Waals surface area (Å²) in [6.07, 6.45) is -3.36. The Balaban J connectivity index is 1.25. The number of halogens is 5. The van der Waals surface area contributed by atoms with Crippen molar-refractivity contribution in [2.24, 2.45) is 17.8 Å². The first-order valence-corrected chi connectivity index (χ1v) is 10.2. The van der Waals surface area contributed by atoms with Crippen LogP contribution in [0.1, 0.15) is 49.9 Å². The van der Waals surface area contributed by atoms with Gasteiger partial charge in [-0.15, -0.1) is 0 Å². The van der Waals surface area contributed by atoms with Crippen LogP contribution in [0, 0.1) is 17.8 Å². The predicted molar refractivity (Wildman–Crippen MR) is 101 cm³/mol. The first kappa shape index (κ1) is 21.1. The van der Waals surface area contributed by atoms with Crippen LogP contribution in [0.4, 0.5) is 22.0 Å². The maximum Gasteiger partial charge on any atom is 0.389 e. The lowest BCUT2D eigenvalue weighted by atomic mass is 9.71. The van der Waals surface area contributed by atoms with Gasteiger partial charge in [-0.1, -0.05) is 6.07 Å². The van der Waals surface area contributed by atoms with Gasteiger partial charge in [0.05, 0.1) is 11.0 Å². The van der Waals surface area contributed by atoms with Crippen molar-refractivity contribution >= 4 is 16.9 Å². The summed E-state index contributed by atoms with van der Waals surface area (Å²) in [7, 11) is 0. The van der Waals surface area contributed by atoms with E-state index < -0.39 is 18.5 Å². The molecule has 30 heavy (non-hydrogen) atoms. The van der Waals surface area contributed by atoms with Crippen LogP contribution >= 0.6 is 0 Å². The third kappa shape index (κ3) is 5.29. The van der Waals surface area contributed by atoms with E-state index in [9.17, 15) is 26.7 Å². The van der Waals surface area contributed by atoms with Crippen LogP contribution in [0.3, 0.4) is 0 Å². The molecule has 0 spiro atoms. The Hall–Kier alpha value is -2.19. The average Bonchev–Trinajstić information content (AvgIpc) is 2.97. The Morgan fingerprint density at radius 1 is 1.17 bits per heavy atom. The average molecular weight is 429 g/mol. The summed E-state index contributed by atoms with van der Waals surface area (Å²) in [5.74, 6) is -2.41. The Morgan fingerprint density at radius 2 is 1.90 bits per heavy atom. The molecule has 1 amide bonds. The van der Waals surface area contributed by atoms with Crippen molar-refractivity contribution in [3.05, 3.63) is 29.6 Å². The zero-order valence-electron chi connectivity index (χ0n) is 16.4. The number of imidazole rings is 1. The number of hydrogen-bond acceptors (Lipinski definition) is 2. The molecular weight excluding hydrogens is 405 g/mol. The first-order valence-electron chi connectivity index (χ1n) is 10.2. The van der Waals surface area contributed by atoms with Gasteiger partial charge in [-0.2, -0.15) is 13.2 Å². The number of aromatic nitrogens is 2. The fraction of sp³-hybridized carbons (Fsp3) is 0.619. The van der Waals surface area contributed by atoms with E-state index in [-0.39, 0.29) is 42.9 Å². The number of alkyl halides is 5. The van der Waals surface area contributed by atoms with Crippen molar-refractivity contribution in [2.75, 3.05) is 0 Å². The third-order valence-electron chi connectivity index (χ3n) is 6.07. The highest BCUT2D eigenvalue weighted by Gasteiger charge is 2.45. The summed E-state index contributed by atoms with van der Waals surface area (Å²) >= 11 is 0. The molecule has 0 bridgehead atoms. The zero-order chi connectivity index (χ0) is 21.5. The van der Waals surface area contributed by atoms with E-state index >= 15 is 0 Å². The molecule has 164 valence electrons. The van der Waals surface area contributed by atoms with Crippen LogP contribution in [0.2, 0.25) is 0 Å². The Kier molecular flexibility index (Phi) is 5.48. The highest BCUT2D eigenvalue weighted by Crippen LogP contribution is 2.44. The van der Waals surface area contributed by atoms with E-state index in [0.29, 0.717) is 25.8 Å². The highest BCUT2D eigenvalue weighted by atomic mass is 19.4. The monoisotopic (exact) mass is 429 g/mol. The minimum Gasteiger partial charge on any atom is -0.352 e. The second-order valence-electron chi connectivity index (χ2n) is 8.87. The van der Waals surface area contributed by atoms with E-state index in [4.69, 9.17) is 0 Å². The molecular formula is C21H24F5N3O. The Labute approximate surface area is 170 Å². The third-order valence-corrected chi connectivity index (χ3v) is 6.07. The summed E-state index contributed by atoms with van der Waals surface area (Å²) in [5.41, 5.74) is 2.43. The SMILES string of the molecule is O=C(CC1CC(F)(F)C1)NCc1ccc2nc(CC3CC(CC(F)(F)F)C3)[nH]c2c1. The number of fused-ring (bicyclic) bond motifs is 1. The molecule has 0 radical (unpaired) electrons. The number of aromatic amines is 1. The van der Waals surface area contributed by atoms with E-state index in [1.54, 1.807) is 0 Å². The summed E-state index contributed by atoms with van der Waals surface area (Å²) in [6, 6.07) is 5.54. The van der Waals surface area contributed by atoms with Crippen LogP contribution in [0.15, 0.2) is 18.2 Å². The molecule has 4 rings (SSSR count). The van der Waals surface area contributed by atoms with Crippen LogP contribution in [0.25, 0.3) is 11.0 Å². The zero-order valence-corrected chi connectivity index (χ0v) is 16.4. The van der Waals surface area contributed by atoms with Crippen LogP contribution in [-0.4, -0.2) is 28.0 Å². The number of nitrogens with one attached hydrogen (secondary N) is 2. The number of rotatable bonds is 7. The van der Waals surface area contributed by atoms with Gasteiger partial charge in [0.15, 0.2) is 0 Å². The number of benzene rings is 1. The molecule has 4 nitrogen and oxygen atoms in total. The lowest BCUT2D eigenvalue weighted by molar-refractivity contribution is -0.153. The molecule has 2 fully saturated rings. The summed E-state index contributed by atoms with van der Waals surface area (Å²) in [6.45, 7) is 0.300. The van der Waals surface area contributed by atoms with Crippen molar-refractivity contribution in [1.29, 1.82) is 0 Å². The van der Waals surface area contributed by atoms with Crippen LogP contribution in [0.5, 0.6) is 0 Å². The minimum absolute atomic E-state index is 0.114. The minimum atomic E-state index is -4.09. The van der Waals surface area contributed by atoms with Gasteiger partial charge >= 0.3 is 6.18 Å². The van der Waals surface area contributed by atoms with Crippen LogP contribution in [-0.2, 0) is 17.8 Å². The lowest BCUT2D eigenvalue weighted by Gasteiger charge is -2.35. The molecule has 0 unspecified atom stereocenters. The molecule has 1 aromatic carbocycles. The molecule has 2 N–H and O–H groups in total. The number of amides is 1. The Bertz CT molecular complexity index is 909. The molecule has 2 saturated carbocycles. The van der Waals surface area contributed by atoms with Crippen LogP contribution < -0.4 is 5.32 Å². The molecule has 2 aliphatic carbocycles. The lowest BCUT2D eigenvalue weighted by Crippen LogP contribution is -2.38. The van der Waals surface area contributed by atoms with Crippen molar-refractivity contribution in [1.82, 2.24) is 15.3 Å². The van der Waals surface area contributed by atoms with Gasteiger partial charge < -0.3 is 10.3 Å². The molecule has 1 heterocycles. The first-order chi connectivity index (χ1) is 14.0. The smallest absolute Gasteiger partial charge is 0.352 e. The van der Waals surface area contributed by atoms with Gasteiger partial charge in [0.2, 0.25) is 11.8 Å². The van der Waals surface area contributed by atoms with Crippen molar-refractivity contribution in [2.45, 2.75) is 63.6 Å². The second kappa shape index (κ2) is 7.81. The Morgan fingerprint density at radius 3 is 2.57 bits per heavy atom. The number of carbonyl (C=O) groups is 1. The maximum absolute atomic E-state index is 12.8. The molecule has 1 aromatic heterocycles. The normalized spacial score (nSPS) is 23.8. The van der Waals surface area contributed by atoms with Gasteiger partial charge in [-0.25, -0.2) is 13.8 Å². The predicted octanol–water partition coefficient (Wildman–Crippen LogP) is 5.14. The molecule has 9 heteroatoms. The number of nitrogens with zero attached hydrogens (tertiary/aromatic N) is 1.